The lowest BCUT2D eigenvalue weighted by molar-refractivity contribution is -0.388. The van der Waals surface area contributed by atoms with Crippen LogP contribution in [0.25, 0.3) is 0 Å². The number of aliphatic hydroxyl groups excluding tert-OH is 1. The Morgan fingerprint density at radius 2 is 2.00 bits per heavy atom. The maximum Gasteiger partial charge on any atom is 0.410 e. The highest BCUT2D eigenvalue weighted by Crippen LogP contribution is 2.33. The summed E-state index contributed by atoms with van der Waals surface area (Å²) in [7, 11) is -4.57. The van der Waals surface area contributed by atoms with E-state index >= 15 is 0 Å². The van der Waals surface area contributed by atoms with Crippen LogP contribution in [0.4, 0.5) is 10.5 Å². The van der Waals surface area contributed by atoms with Crippen LogP contribution in [0.1, 0.15) is 34.6 Å². The molecule has 194 valence electrons. The first kappa shape index (κ1) is 28.4. The molecule has 1 aliphatic heterocycles. The number of benzene rings is 1. The second-order valence-corrected chi connectivity index (χ2v) is 11.0. The molecule has 35 heavy (non-hydrogen) atoms. The summed E-state index contributed by atoms with van der Waals surface area (Å²) >= 11 is 0. The number of hydrogen-bond acceptors (Lipinski definition) is 8. The molecule has 0 saturated carbocycles. The normalized spacial score (nSPS) is 19.0. The standard InChI is InChI=1S/C23H33N3O8S/c1-7-12-33-26(35(31,32)21-11-9-8-10-19(21)25(29)30)17-13-18(16(2)3)20(15-27)24(14-17)22(28)34-23(4,5)6/h7-11,13,16-17,20,27H,1,12,14-15H2,2-6H3. The Kier molecular flexibility index (Phi) is 9.17. The van der Waals surface area contributed by atoms with E-state index in [0.29, 0.717) is 10.0 Å². The molecule has 11 nitrogen and oxygen atoms in total. The van der Waals surface area contributed by atoms with E-state index in [-0.39, 0.29) is 19.1 Å². The van der Waals surface area contributed by atoms with Gasteiger partial charge >= 0.3 is 6.09 Å². The number of rotatable bonds is 9. The zero-order chi connectivity index (χ0) is 26.6. The van der Waals surface area contributed by atoms with Crippen molar-refractivity contribution < 1.29 is 32.8 Å². The van der Waals surface area contributed by atoms with Crippen molar-refractivity contribution in [2.75, 3.05) is 19.8 Å². The summed E-state index contributed by atoms with van der Waals surface area (Å²) in [5.41, 5.74) is -0.845. The summed E-state index contributed by atoms with van der Waals surface area (Å²) in [4.78, 5) is 30.0. The Balaban J connectivity index is 2.65. The quantitative estimate of drug-likeness (QED) is 0.303. The minimum absolute atomic E-state index is 0.171. The zero-order valence-electron chi connectivity index (χ0n) is 20.6. The highest BCUT2D eigenvalue weighted by Gasteiger charge is 2.43. The molecule has 0 aromatic heterocycles. The van der Waals surface area contributed by atoms with Gasteiger partial charge < -0.3 is 9.84 Å². The van der Waals surface area contributed by atoms with Crippen molar-refractivity contribution in [2.24, 2.45) is 5.92 Å². The highest BCUT2D eigenvalue weighted by molar-refractivity contribution is 7.89. The molecule has 1 heterocycles. The number of aliphatic hydroxyl groups is 1. The third-order valence-electron chi connectivity index (χ3n) is 5.16. The number of para-hydroxylation sites is 1. The Hall–Kier alpha value is -2.80. The van der Waals surface area contributed by atoms with E-state index in [1.165, 1.54) is 23.1 Å². The second-order valence-electron chi connectivity index (χ2n) is 9.29. The van der Waals surface area contributed by atoms with Crippen LogP contribution in [0.15, 0.2) is 53.5 Å². The van der Waals surface area contributed by atoms with Crippen molar-refractivity contribution in [1.82, 2.24) is 9.37 Å². The first-order valence-corrected chi connectivity index (χ1v) is 12.5. The summed E-state index contributed by atoms with van der Waals surface area (Å²) in [6.07, 6.45) is 2.21. The molecule has 1 aromatic rings. The lowest BCUT2D eigenvalue weighted by atomic mass is 9.89. The van der Waals surface area contributed by atoms with Crippen LogP contribution in [0.3, 0.4) is 0 Å². The van der Waals surface area contributed by atoms with Gasteiger partial charge in [-0.05, 0) is 38.3 Å². The topological polar surface area (TPSA) is 140 Å². The number of amides is 1. The summed E-state index contributed by atoms with van der Waals surface area (Å²) in [5, 5.41) is 21.6. The van der Waals surface area contributed by atoms with Crippen molar-refractivity contribution >= 4 is 21.8 Å². The van der Waals surface area contributed by atoms with Gasteiger partial charge in [-0.25, -0.2) is 13.2 Å². The molecule has 1 amide bonds. The molecule has 12 heteroatoms. The van der Waals surface area contributed by atoms with Gasteiger partial charge in [-0.3, -0.25) is 19.9 Å². The minimum atomic E-state index is -4.57. The molecule has 2 rings (SSSR count). The maximum absolute atomic E-state index is 13.6. The summed E-state index contributed by atoms with van der Waals surface area (Å²) in [6.45, 7) is 11.5. The molecule has 1 N–H and O–H groups in total. The number of nitro benzene ring substituents is 1. The van der Waals surface area contributed by atoms with Crippen molar-refractivity contribution in [3.05, 3.63) is 58.7 Å². The van der Waals surface area contributed by atoms with E-state index in [2.05, 4.69) is 6.58 Å². The number of nitro groups is 1. The van der Waals surface area contributed by atoms with Crippen LogP contribution in [0, 0.1) is 16.0 Å². The number of hydroxylamine groups is 1. The third kappa shape index (κ3) is 6.66. The number of nitrogens with zero attached hydrogens (tertiary/aromatic N) is 3. The van der Waals surface area contributed by atoms with Crippen LogP contribution in [-0.4, -0.2) is 71.4 Å². The number of ether oxygens (including phenoxy) is 1. The lowest BCUT2D eigenvalue weighted by Gasteiger charge is -2.42. The molecule has 0 radical (unpaired) electrons. The van der Waals surface area contributed by atoms with Gasteiger partial charge in [-0.15, -0.1) is 6.58 Å². The molecule has 0 saturated heterocycles. The van der Waals surface area contributed by atoms with E-state index in [1.54, 1.807) is 26.8 Å². The largest absolute Gasteiger partial charge is 0.444 e. The average Bonchev–Trinajstić information content (AvgIpc) is 2.77. The first-order valence-electron chi connectivity index (χ1n) is 11.1. The van der Waals surface area contributed by atoms with Gasteiger partial charge in [-0.1, -0.05) is 42.6 Å². The van der Waals surface area contributed by atoms with E-state index in [1.807, 2.05) is 13.8 Å². The van der Waals surface area contributed by atoms with E-state index in [9.17, 15) is 28.4 Å². The van der Waals surface area contributed by atoms with Gasteiger partial charge in [0.05, 0.1) is 30.2 Å². The number of hydrogen-bond donors (Lipinski definition) is 1. The number of carbonyl (C=O) groups is 1. The van der Waals surface area contributed by atoms with Gasteiger partial charge in [0.25, 0.3) is 15.7 Å². The predicted molar refractivity (Wildman–Crippen MR) is 129 cm³/mol. The predicted octanol–water partition coefficient (Wildman–Crippen LogP) is 3.27. The average molecular weight is 512 g/mol. The fourth-order valence-electron chi connectivity index (χ4n) is 3.72. The monoisotopic (exact) mass is 511 g/mol. The van der Waals surface area contributed by atoms with Crippen molar-refractivity contribution in [3.63, 3.8) is 0 Å². The van der Waals surface area contributed by atoms with Gasteiger partial charge in [0.1, 0.15) is 5.60 Å². The Morgan fingerprint density at radius 3 is 2.51 bits per heavy atom. The van der Waals surface area contributed by atoms with Gasteiger partial charge in [0.15, 0.2) is 4.90 Å². The zero-order valence-corrected chi connectivity index (χ0v) is 21.4. The molecule has 2 atom stereocenters. The lowest BCUT2D eigenvalue weighted by Crippen LogP contribution is -2.56. The summed E-state index contributed by atoms with van der Waals surface area (Å²) < 4.78 is 33.4. The summed E-state index contributed by atoms with van der Waals surface area (Å²) in [6, 6.07) is 3.14. The SMILES string of the molecule is C=CCON(C1C=C(C(C)C)C(CO)N(C(=O)OC(C)(C)C)C1)S(=O)(=O)c1ccccc1[N+](=O)[O-]. The fourth-order valence-corrected chi connectivity index (χ4v) is 5.25. The molecular weight excluding hydrogens is 478 g/mol. The first-order chi connectivity index (χ1) is 16.2. The molecule has 2 unspecified atom stereocenters. The van der Waals surface area contributed by atoms with E-state index in [0.717, 1.165) is 12.1 Å². The van der Waals surface area contributed by atoms with Crippen molar-refractivity contribution in [2.45, 2.75) is 57.2 Å². The molecule has 0 spiro atoms. The van der Waals surface area contributed by atoms with Gasteiger partial charge in [-0.2, -0.15) is 0 Å². The van der Waals surface area contributed by atoms with Crippen molar-refractivity contribution in [3.8, 4) is 0 Å². The van der Waals surface area contributed by atoms with Crippen LogP contribution in [0.5, 0.6) is 0 Å². The number of sulfonamides is 1. The molecule has 0 fully saturated rings. The molecular formula is C23H33N3O8S. The third-order valence-corrected chi connectivity index (χ3v) is 6.92. The van der Waals surface area contributed by atoms with Crippen molar-refractivity contribution in [1.29, 1.82) is 0 Å². The molecule has 1 aliphatic rings. The van der Waals surface area contributed by atoms with Crippen LogP contribution >= 0.6 is 0 Å². The second kappa shape index (κ2) is 11.3. The Bertz CT molecular complexity index is 1080. The molecule has 0 bridgehead atoms. The fraction of sp³-hybridized carbons (Fsp3) is 0.522. The van der Waals surface area contributed by atoms with Crippen LogP contribution < -0.4 is 0 Å². The maximum atomic E-state index is 13.6. The molecule has 0 aliphatic carbocycles. The minimum Gasteiger partial charge on any atom is -0.444 e. The smallest absolute Gasteiger partial charge is 0.410 e. The van der Waals surface area contributed by atoms with Crippen LogP contribution in [0.2, 0.25) is 0 Å². The van der Waals surface area contributed by atoms with E-state index in [4.69, 9.17) is 9.57 Å². The molecule has 1 aromatic carbocycles. The summed E-state index contributed by atoms with van der Waals surface area (Å²) in [5.74, 6) is -0.171. The Labute approximate surface area is 205 Å². The number of carbonyl (C=O) groups excluding carboxylic acids is 1. The highest BCUT2D eigenvalue weighted by atomic mass is 32.2. The Morgan fingerprint density at radius 1 is 1.37 bits per heavy atom. The van der Waals surface area contributed by atoms with E-state index < -0.39 is 55.9 Å². The van der Waals surface area contributed by atoms with Crippen LogP contribution in [-0.2, 0) is 19.6 Å². The van der Waals surface area contributed by atoms with Gasteiger partial charge in [0.2, 0.25) is 0 Å². The van der Waals surface area contributed by atoms with Gasteiger partial charge in [0, 0.05) is 12.6 Å².